The Morgan fingerprint density at radius 1 is 1.03 bits per heavy atom. The summed E-state index contributed by atoms with van der Waals surface area (Å²) in [5.41, 5.74) is -0.571. The molecule has 2 aromatic carbocycles. The van der Waals surface area contributed by atoms with Crippen molar-refractivity contribution < 1.29 is 27.1 Å². The number of thiazole rings is 1. The molecule has 0 spiro atoms. The summed E-state index contributed by atoms with van der Waals surface area (Å²) in [4.78, 5) is 6.57. The minimum atomic E-state index is -5.66. The molecule has 0 unspecified atom stereocenters. The highest BCUT2D eigenvalue weighted by atomic mass is 32.1. The molecule has 4 rings (SSSR count). The molecule has 0 aliphatic carbocycles. The molecule has 160 valence electrons. The number of anilines is 2. The average Bonchev–Trinajstić information content (AvgIpc) is 3.11. The monoisotopic (exact) mass is 443 g/mol. The molecule has 2 heterocycles. The van der Waals surface area contributed by atoms with Gasteiger partial charge in [-0.15, -0.1) is 0 Å². The van der Waals surface area contributed by atoms with Crippen molar-refractivity contribution in [2.24, 2.45) is 0 Å². The number of rotatable bonds is 4. The molecule has 1 aliphatic rings. The molecule has 3 aromatic rings. The SMILES string of the molecule is Oc1ccc2sc(N3CCC(Nc4ccccc4C(F)(F)C(F)(F)F)CC3)nc2c1. The number of phenols is 1. The summed E-state index contributed by atoms with van der Waals surface area (Å²) in [6.07, 6.45) is -4.53. The Hall–Kier alpha value is -2.62. The highest BCUT2D eigenvalue weighted by Crippen LogP contribution is 2.46. The van der Waals surface area contributed by atoms with Crippen LogP contribution < -0.4 is 10.2 Å². The summed E-state index contributed by atoms with van der Waals surface area (Å²) in [6.45, 7) is 1.17. The number of nitrogens with one attached hydrogen (secondary N) is 1. The summed E-state index contributed by atoms with van der Waals surface area (Å²) >= 11 is 1.49. The third-order valence-electron chi connectivity index (χ3n) is 5.11. The Morgan fingerprint density at radius 2 is 1.73 bits per heavy atom. The van der Waals surface area contributed by atoms with Crippen LogP contribution >= 0.6 is 11.3 Å². The highest BCUT2D eigenvalue weighted by Gasteiger charge is 2.59. The number of hydrogen-bond acceptors (Lipinski definition) is 5. The van der Waals surface area contributed by atoms with E-state index in [2.05, 4.69) is 15.2 Å². The first kappa shape index (κ1) is 20.6. The Bertz CT molecular complexity index is 1040. The van der Waals surface area contributed by atoms with Crippen LogP contribution in [-0.4, -0.2) is 35.4 Å². The van der Waals surface area contributed by atoms with E-state index in [1.165, 1.54) is 29.5 Å². The molecular formula is C20H18F5N3OS. The Balaban J connectivity index is 1.45. The third kappa shape index (κ3) is 3.88. The van der Waals surface area contributed by atoms with Crippen LogP contribution in [0.25, 0.3) is 10.2 Å². The van der Waals surface area contributed by atoms with Crippen molar-refractivity contribution in [2.45, 2.75) is 31.0 Å². The van der Waals surface area contributed by atoms with Gasteiger partial charge in [0, 0.05) is 30.9 Å². The first-order chi connectivity index (χ1) is 14.1. The first-order valence-corrected chi connectivity index (χ1v) is 10.1. The molecule has 4 nitrogen and oxygen atoms in total. The van der Waals surface area contributed by atoms with Crippen molar-refractivity contribution in [3.8, 4) is 5.75 Å². The van der Waals surface area contributed by atoms with Gasteiger partial charge in [0.05, 0.1) is 15.8 Å². The molecule has 1 aliphatic heterocycles. The highest BCUT2D eigenvalue weighted by molar-refractivity contribution is 7.22. The van der Waals surface area contributed by atoms with E-state index in [9.17, 15) is 27.1 Å². The molecule has 0 bridgehead atoms. The standard InChI is InChI=1S/C20H18F5N3OS/c21-19(22,20(23,24)25)14-3-1-2-4-15(14)26-12-7-9-28(10-8-12)18-27-16-11-13(29)5-6-17(16)30-18/h1-6,11-12,26,29H,7-10H2. The van der Waals surface area contributed by atoms with E-state index in [1.807, 2.05) is 0 Å². The van der Waals surface area contributed by atoms with Gasteiger partial charge in [-0.3, -0.25) is 0 Å². The molecule has 10 heteroatoms. The number of para-hydroxylation sites is 1. The lowest BCUT2D eigenvalue weighted by atomic mass is 10.0. The average molecular weight is 443 g/mol. The number of alkyl halides is 5. The zero-order valence-corrected chi connectivity index (χ0v) is 16.4. The molecule has 1 saturated heterocycles. The predicted molar refractivity (Wildman–Crippen MR) is 107 cm³/mol. The van der Waals surface area contributed by atoms with E-state index in [-0.39, 0.29) is 17.5 Å². The van der Waals surface area contributed by atoms with E-state index in [0.717, 1.165) is 15.9 Å². The Labute approximate surface area is 173 Å². The number of piperidine rings is 1. The van der Waals surface area contributed by atoms with Crippen LogP contribution in [0.5, 0.6) is 5.75 Å². The fourth-order valence-corrected chi connectivity index (χ4v) is 4.51. The number of halogens is 5. The normalized spacial score (nSPS) is 16.2. The summed E-state index contributed by atoms with van der Waals surface area (Å²) in [6, 6.07) is 9.40. The van der Waals surface area contributed by atoms with Crippen molar-refractivity contribution >= 4 is 32.4 Å². The molecule has 0 saturated carbocycles. The quantitative estimate of drug-likeness (QED) is 0.505. The van der Waals surface area contributed by atoms with Crippen LogP contribution in [0, 0.1) is 0 Å². The fourth-order valence-electron chi connectivity index (χ4n) is 3.51. The molecule has 0 atom stereocenters. The van der Waals surface area contributed by atoms with Gasteiger partial charge in [0.2, 0.25) is 0 Å². The molecule has 0 amide bonds. The second-order valence-electron chi connectivity index (χ2n) is 7.17. The number of aromatic hydroxyl groups is 1. The fraction of sp³-hybridized carbons (Fsp3) is 0.350. The van der Waals surface area contributed by atoms with Gasteiger partial charge in [0.15, 0.2) is 5.13 Å². The number of benzene rings is 2. The summed E-state index contributed by atoms with van der Waals surface area (Å²) in [7, 11) is 0. The predicted octanol–water partition coefficient (Wildman–Crippen LogP) is 5.74. The molecule has 2 N–H and O–H groups in total. The van der Waals surface area contributed by atoms with Gasteiger partial charge in [-0.25, -0.2) is 4.98 Å². The van der Waals surface area contributed by atoms with Crippen LogP contribution in [0.1, 0.15) is 18.4 Å². The topological polar surface area (TPSA) is 48.4 Å². The molecular weight excluding hydrogens is 425 g/mol. The third-order valence-corrected chi connectivity index (χ3v) is 6.20. The van der Waals surface area contributed by atoms with Crippen molar-refractivity contribution in [1.82, 2.24) is 4.98 Å². The minimum absolute atomic E-state index is 0.136. The maximum absolute atomic E-state index is 13.9. The molecule has 1 fully saturated rings. The van der Waals surface area contributed by atoms with Crippen LogP contribution in [0.3, 0.4) is 0 Å². The number of aromatic nitrogens is 1. The minimum Gasteiger partial charge on any atom is -0.508 e. The van der Waals surface area contributed by atoms with Gasteiger partial charge < -0.3 is 15.3 Å². The van der Waals surface area contributed by atoms with Crippen LogP contribution in [0.15, 0.2) is 42.5 Å². The smallest absolute Gasteiger partial charge is 0.458 e. The van der Waals surface area contributed by atoms with Crippen molar-refractivity contribution in [3.63, 3.8) is 0 Å². The molecule has 30 heavy (non-hydrogen) atoms. The Kier molecular flexibility index (Phi) is 5.21. The van der Waals surface area contributed by atoms with Gasteiger partial charge in [0.25, 0.3) is 0 Å². The van der Waals surface area contributed by atoms with Crippen molar-refractivity contribution in [2.75, 3.05) is 23.3 Å². The van der Waals surface area contributed by atoms with E-state index >= 15 is 0 Å². The van der Waals surface area contributed by atoms with Crippen molar-refractivity contribution in [3.05, 3.63) is 48.0 Å². The summed E-state index contributed by atoms with van der Waals surface area (Å²) in [5.74, 6) is -4.79. The number of hydrogen-bond donors (Lipinski definition) is 2. The van der Waals surface area contributed by atoms with Crippen LogP contribution in [0.4, 0.5) is 32.8 Å². The van der Waals surface area contributed by atoms with Crippen LogP contribution in [-0.2, 0) is 5.92 Å². The molecule has 0 radical (unpaired) electrons. The second kappa shape index (κ2) is 7.57. The maximum atomic E-state index is 13.9. The van der Waals surface area contributed by atoms with Crippen molar-refractivity contribution in [1.29, 1.82) is 0 Å². The second-order valence-corrected chi connectivity index (χ2v) is 8.18. The Morgan fingerprint density at radius 3 is 2.43 bits per heavy atom. The van der Waals surface area contributed by atoms with E-state index in [4.69, 9.17) is 0 Å². The lowest BCUT2D eigenvalue weighted by Gasteiger charge is -2.33. The van der Waals surface area contributed by atoms with Gasteiger partial charge in [0.1, 0.15) is 5.75 Å². The van der Waals surface area contributed by atoms with E-state index in [0.29, 0.717) is 31.4 Å². The zero-order chi connectivity index (χ0) is 21.5. The summed E-state index contributed by atoms with van der Waals surface area (Å²) in [5, 5.41) is 13.2. The lowest BCUT2D eigenvalue weighted by Crippen LogP contribution is -2.40. The van der Waals surface area contributed by atoms with Gasteiger partial charge in [-0.05, 0) is 31.0 Å². The van der Waals surface area contributed by atoms with E-state index < -0.39 is 17.7 Å². The van der Waals surface area contributed by atoms with Gasteiger partial charge in [-0.1, -0.05) is 29.5 Å². The largest absolute Gasteiger partial charge is 0.508 e. The zero-order valence-electron chi connectivity index (χ0n) is 15.6. The van der Waals surface area contributed by atoms with Crippen LogP contribution in [0.2, 0.25) is 0 Å². The number of phenolic OH excluding ortho intramolecular Hbond substituents is 1. The van der Waals surface area contributed by atoms with Gasteiger partial charge >= 0.3 is 12.1 Å². The number of nitrogens with zero attached hydrogens (tertiary/aromatic N) is 2. The van der Waals surface area contributed by atoms with Gasteiger partial charge in [-0.2, -0.15) is 22.0 Å². The lowest BCUT2D eigenvalue weighted by molar-refractivity contribution is -0.289. The first-order valence-electron chi connectivity index (χ1n) is 9.30. The van der Waals surface area contributed by atoms with E-state index in [1.54, 1.807) is 18.2 Å². The summed E-state index contributed by atoms with van der Waals surface area (Å²) < 4.78 is 67.2. The molecule has 1 aromatic heterocycles. The number of fused-ring (bicyclic) bond motifs is 1. The maximum Gasteiger partial charge on any atom is 0.458 e.